The highest BCUT2D eigenvalue weighted by Crippen LogP contribution is 2.25. The minimum atomic E-state index is -0.505. The Labute approximate surface area is 174 Å². The molecule has 30 heavy (non-hydrogen) atoms. The highest BCUT2D eigenvalue weighted by atomic mass is 16.5. The van der Waals surface area contributed by atoms with E-state index in [0.29, 0.717) is 11.5 Å². The molecule has 3 rings (SSSR count). The average molecular weight is 400 g/mol. The lowest BCUT2D eigenvalue weighted by atomic mass is 10.1. The zero-order valence-corrected chi connectivity index (χ0v) is 16.4. The number of carbonyl (C=O) groups is 2. The van der Waals surface area contributed by atoms with E-state index in [9.17, 15) is 9.59 Å². The number of benzene rings is 3. The molecular weight excluding hydrogens is 380 g/mol. The molecule has 0 amide bonds. The van der Waals surface area contributed by atoms with Gasteiger partial charge in [0.25, 0.3) is 0 Å². The zero-order valence-electron chi connectivity index (χ0n) is 16.4. The molecule has 3 aromatic carbocycles. The molecule has 150 valence electrons. The molecule has 0 aromatic heterocycles. The van der Waals surface area contributed by atoms with Crippen LogP contribution in [0.1, 0.15) is 5.56 Å². The lowest BCUT2D eigenvalue weighted by Crippen LogP contribution is -2.03. The molecule has 5 nitrogen and oxygen atoms in total. The maximum atomic E-state index is 12.0. The predicted molar refractivity (Wildman–Crippen MR) is 115 cm³/mol. The summed E-state index contributed by atoms with van der Waals surface area (Å²) in [4.78, 5) is 23.3. The highest BCUT2D eigenvalue weighted by Gasteiger charge is 2.04. The van der Waals surface area contributed by atoms with E-state index in [1.165, 1.54) is 6.08 Å². The molecular formula is C25H20O5. The fourth-order valence-corrected chi connectivity index (χ4v) is 2.62. The SMILES string of the molecule is C=CC(=O)Oc1ccc(-c2ccc(OC(=O)C=Cc3ccc(OC)cc3)cc2)cc1. The van der Waals surface area contributed by atoms with Crippen molar-refractivity contribution in [1.29, 1.82) is 0 Å². The van der Waals surface area contributed by atoms with Crippen LogP contribution in [0.3, 0.4) is 0 Å². The molecule has 0 saturated carbocycles. The second-order valence-electron chi connectivity index (χ2n) is 6.20. The Balaban J connectivity index is 1.59. The second kappa shape index (κ2) is 9.89. The number of hydrogen-bond acceptors (Lipinski definition) is 5. The molecule has 0 unspecified atom stereocenters. The van der Waals surface area contributed by atoms with Crippen molar-refractivity contribution in [1.82, 2.24) is 0 Å². The quantitative estimate of drug-likeness (QED) is 0.315. The normalized spacial score (nSPS) is 10.4. The van der Waals surface area contributed by atoms with Crippen molar-refractivity contribution >= 4 is 18.0 Å². The smallest absolute Gasteiger partial charge is 0.336 e. The van der Waals surface area contributed by atoms with Gasteiger partial charge < -0.3 is 14.2 Å². The standard InChI is InChI=1S/C25H20O5/c1-3-24(26)29-22-13-7-19(8-14-22)20-9-15-23(16-10-20)30-25(27)17-6-18-4-11-21(28-2)12-5-18/h3-17H,1H2,2H3. The Morgan fingerprint density at radius 1 is 0.700 bits per heavy atom. The van der Waals surface area contributed by atoms with Gasteiger partial charge in [-0.2, -0.15) is 0 Å². The number of rotatable bonds is 7. The van der Waals surface area contributed by atoms with Crippen LogP contribution in [0.15, 0.2) is 91.5 Å². The summed E-state index contributed by atoms with van der Waals surface area (Å²) in [6, 6.07) is 21.6. The molecule has 0 N–H and O–H groups in total. The van der Waals surface area contributed by atoms with E-state index in [1.807, 2.05) is 48.5 Å². The van der Waals surface area contributed by atoms with E-state index >= 15 is 0 Å². The summed E-state index contributed by atoms with van der Waals surface area (Å²) in [7, 11) is 1.60. The summed E-state index contributed by atoms with van der Waals surface area (Å²) in [5, 5.41) is 0. The molecule has 0 heterocycles. The molecule has 5 heteroatoms. The van der Waals surface area contributed by atoms with Gasteiger partial charge in [-0.1, -0.05) is 43.0 Å². The van der Waals surface area contributed by atoms with Crippen LogP contribution in [0, 0.1) is 0 Å². The van der Waals surface area contributed by atoms with Gasteiger partial charge in [-0.3, -0.25) is 0 Å². The molecule has 0 aliphatic rings. The van der Waals surface area contributed by atoms with Gasteiger partial charge in [-0.25, -0.2) is 9.59 Å². The second-order valence-corrected chi connectivity index (χ2v) is 6.20. The summed E-state index contributed by atoms with van der Waals surface area (Å²) >= 11 is 0. The Bertz CT molecular complexity index is 1050. The largest absolute Gasteiger partial charge is 0.497 e. The van der Waals surface area contributed by atoms with Crippen LogP contribution in [0.25, 0.3) is 17.2 Å². The maximum Gasteiger partial charge on any atom is 0.336 e. The minimum Gasteiger partial charge on any atom is -0.497 e. The lowest BCUT2D eigenvalue weighted by molar-refractivity contribution is -0.129. The monoisotopic (exact) mass is 400 g/mol. The van der Waals surface area contributed by atoms with Crippen molar-refractivity contribution in [2.24, 2.45) is 0 Å². The summed E-state index contributed by atoms with van der Waals surface area (Å²) < 4.78 is 15.5. The van der Waals surface area contributed by atoms with Crippen molar-refractivity contribution < 1.29 is 23.8 Å². The fraction of sp³-hybridized carbons (Fsp3) is 0.0400. The summed E-state index contributed by atoms with van der Waals surface area (Å²) in [6.07, 6.45) is 4.16. The third kappa shape index (κ3) is 5.69. The van der Waals surface area contributed by atoms with Crippen LogP contribution < -0.4 is 14.2 Å². The van der Waals surface area contributed by atoms with Crippen LogP contribution in [-0.4, -0.2) is 19.0 Å². The molecule has 0 saturated heterocycles. The Kier molecular flexibility index (Phi) is 6.79. The van der Waals surface area contributed by atoms with E-state index < -0.39 is 11.9 Å². The van der Waals surface area contributed by atoms with Gasteiger partial charge in [0.15, 0.2) is 0 Å². The van der Waals surface area contributed by atoms with Crippen LogP contribution >= 0.6 is 0 Å². The van der Waals surface area contributed by atoms with E-state index in [-0.39, 0.29) is 0 Å². The fourth-order valence-electron chi connectivity index (χ4n) is 2.62. The Hall–Kier alpha value is -4.12. The van der Waals surface area contributed by atoms with Gasteiger partial charge in [0.05, 0.1) is 7.11 Å². The third-order valence-electron chi connectivity index (χ3n) is 4.17. The maximum absolute atomic E-state index is 12.0. The first-order valence-electron chi connectivity index (χ1n) is 9.16. The van der Waals surface area contributed by atoms with Gasteiger partial charge in [-0.05, 0) is 59.2 Å². The summed E-state index contributed by atoms with van der Waals surface area (Å²) in [5.74, 6) is 0.668. The van der Waals surface area contributed by atoms with Gasteiger partial charge in [0.2, 0.25) is 0 Å². The van der Waals surface area contributed by atoms with Crippen LogP contribution in [0.2, 0.25) is 0 Å². The Morgan fingerprint density at radius 2 is 1.17 bits per heavy atom. The molecule has 0 aliphatic heterocycles. The average Bonchev–Trinajstić information content (AvgIpc) is 2.79. The number of esters is 2. The van der Waals surface area contributed by atoms with Gasteiger partial charge in [-0.15, -0.1) is 0 Å². The van der Waals surface area contributed by atoms with E-state index in [2.05, 4.69) is 6.58 Å². The molecule has 3 aromatic rings. The topological polar surface area (TPSA) is 61.8 Å². The van der Waals surface area contributed by atoms with Crippen molar-refractivity contribution in [3.05, 3.63) is 97.1 Å². The summed E-state index contributed by atoms with van der Waals surface area (Å²) in [5.41, 5.74) is 2.74. The first kappa shape index (κ1) is 20.6. The first-order chi connectivity index (χ1) is 14.6. The highest BCUT2D eigenvalue weighted by molar-refractivity contribution is 5.88. The Morgan fingerprint density at radius 3 is 1.63 bits per heavy atom. The number of ether oxygens (including phenoxy) is 3. The predicted octanol–water partition coefficient (Wildman–Crippen LogP) is 5.07. The van der Waals surface area contributed by atoms with Gasteiger partial charge in [0.1, 0.15) is 17.2 Å². The van der Waals surface area contributed by atoms with E-state index in [0.717, 1.165) is 28.5 Å². The van der Waals surface area contributed by atoms with Crippen molar-refractivity contribution in [3.8, 4) is 28.4 Å². The summed E-state index contributed by atoms with van der Waals surface area (Å²) in [6.45, 7) is 3.36. The van der Waals surface area contributed by atoms with E-state index in [4.69, 9.17) is 14.2 Å². The van der Waals surface area contributed by atoms with Crippen LogP contribution in [-0.2, 0) is 9.59 Å². The molecule has 0 radical (unpaired) electrons. The molecule has 0 atom stereocenters. The number of hydrogen-bond donors (Lipinski definition) is 0. The minimum absolute atomic E-state index is 0.442. The van der Waals surface area contributed by atoms with E-state index in [1.54, 1.807) is 37.5 Å². The molecule has 0 spiro atoms. The van der Waals surface area contributed by atoms with Gasteiger partial charge >= 0.3 is 11.9 Å². The van der Waals surface area contributed by atoms with Crippen LogP contribution in [0.4, 0.5) is 0 Å². The van der Waals surface area contributed by atoms with Crippen molar-refractivity contribution in [3.63, 3.8) is 0 Å². The molecule has 0 fully saturated rings. The number of carbonyl (C=O) groups excluding carboxylic acids is 2. The van der Waals surface area contributed by atoms with Gasteiger partial charge in [0, 0.05) is 12.2 Å². The molecule has 0 bridgehead atoms. The van der Waals surface area contributed by atoms with Crippen molar-refractivity contribution in [2.75, 3.05) is 7.11 Å². The lowest BCUT2D eigenvalue weighted by Gasteiger charge is -2.06. The molecule has 0 aliphatic carbocycles. The number of methoxy groups -OCH3 is 1. The zero-order chi connectivity index (χ0) is 21.3. The first-order valence-corrected chi connectivity index (χ1v) is 9.16. The third-order valence-corrected chi connectivity index (χ3v) is 4.17. The van der Waals surface area contributed by atoms with Crippen molar-refractivity contribution in [2.45, 2.75) is 0 Å². The van der Waals surface area contributed by atoms with Crippen LogP contribution in [0.5, 0.6) is 17.2 Å².